The van der Waals surface area contributed by atoms with Crippen LogP contribution in [0.4, 0.5) is 0 Å². The predicted octanol–water partition coefficient (Wildman–Crippen LogP) is 2.72. The molecule has 5 nitrogen and oxygen atoms in total. The fourth-order valence-corrected chi connectivity index (χ4v) is 3.42. The Bertz CT molecular complexity index is 666. The maximum Gasteiger partial charge on any atom is 0.137 e. The van der Waals surface area contributed by atoms with Gasteiger partial charge < -0.3 is 14.8 Å². The molecular weight excluding hydrogens is 314 g/mol. The molecule has 1 unspecified atom stereocenters. The summed E-state index contributed by atoms with van der Waals surface area (Å²) in [6.07, 6.45) is 4.88. The molecule has 3 rings (SSSR count). The molecule has 0 amide bonds. The Kier molecular flexibility index (Phi) is 4.90. The van der Waals surface area contributed by atoms with Gasteiger partial charge in [0.1, 0.15) is 17.7 Å². The van der Waals surface area contributed by atoms with E-state index in [1.54, 1.807) is 18.3 Å². The van der Waals surface area contributed by atoms with E-state index in [1.165, 1.54) is 0 Å². The van der Waals surface area contributed by atoms with Crippen LogP contribution in [-0.4, -0.2) is 37.8 Å². The number of imidazole rings is 1. The van der Waals surface area contributed by atoms with Gasteiger partial charge in [-0.25, -0.2) is 4.98 Å². The zero-order valence-corrected chi connectivity index (χ0v) is 13.9. The van der Waals surface area contributed by atoms with Crippen molar-refractivity contribution >= 4 is 11.6 Å². The van der Waals surface area contributed by atoms with Crippen molar-refractivity contribution in [3.05, 3.63) is 47.0 Å². The Morgan fingerprint density at radius 2 is 2.09 bits per heavy atom. The van der Waals surface area contributed by atoms with Gasteiger partial charge in [0.15, 0.2) is 0 Å². The first-order chi connectivity index (χ1) is 11.0. The van der Waals surface area contributed by atoms with Crippen LogP contribution < -0.4 is 0 Å². The molecule has 0 bridgehead atoms. The number of aromatic nitrogens is 2. The van der Waals surface area contributed by atoms with Crippen molar-refractivity contribution in [3.63, 3.8) is 0 Å². The lowest BCUT2D eigenvalue weighted by Crippen LogP contribution is -2.35. The third-order valence-corrected chi connectivity index (χ3v) is 4.87. The third kappa shape index (κ3) is 3.68. The summed E-state index contributed by atoms with van der Waals surface area (Å²) in [5.41, 5.74) is 0.848. The molecule has 2 aromatic rings. The molecule has 1 atom stereocenters. The van der Waals surface area contributed by atoms with Gasteiger partial charge in [-0.15, -0.1) is 0 Å². The Hall–Kier alpha value is -1.56. The molecule has 2 N–H and O–H groups in total. The van der Waals surface area contributed by atoms with Gasteiger partial charge in [-0.05, 0) is 50.0 Å². The Balaban J connectivity index is 1.58. The maximum absolute atomic E-state index is 10.5. The molecule has 0 spiro atoms. The first kappa shape index (κ1) is 16.3. The summed E-state index contributed by atoms with van der Waals surface area (Å²) in [7, 11) is 1.91. The van der Waals surface area contributed by atoms with E-state index in [0.717, 1.165) is 37.3 Å². The number of nitrogens with zero attached hydrogens (tertiary/aromatic N) is 3. The van der Waals surface area contributed by atoms with Gasteiger partial charge >= 0.3 is 0 Å². The SMILES string of the molecule is Cn1ccnc1C(O)C1CCN(Cc2cc(Cl)ccc2O)CC1. The molecular formula is C17H22ClN3O2. The van der Waals surface area contributed by atoms with E-state index in [-0.39, 0.29) is 11.7 Å². The van der Waals surface area contributed by atoms with Gasteiger partial charge in [0.25, 0.3) is 0 Å². The summed E-state index contributed by atoms with van der Waals surface area (Å²) >= 11 is 6.00. The number of phenolic OH excluding ortho intramolecular Hbond substituents is 1. The molecule has 0 aliphatic carbocycles. The van der Waals surface area contributed by atoms with Crippen molar-refractivity contribution in [3.8, 4) is 5.75 Å². The Morgan fingerprint density at radius 1 is 1.35 bits per heavy atom. The fraction of sp³-hybridized carbons (Fsp3) is 0.471. The second kappa shape index (κ2) is 6.91. The number of aryl methyl sites for hydroxylation is 1. The van der Waals surface area contributed by atoms with Crippen molar-refractivity contribution < 1.29 is 10.2 Å². The molecule has 0 saturated carbocycles. The van der Waals surface area contributed by atoms with Crippen LogP contribution in [0.5, 0.6) is 5.75 Å². The maximum atomic E-state index is 10.5. The summed E-state index contributed by atoms with van der Waals surface area (Å²) in [6.45, 7) is 2.45. The smallest absolute Gasteiger partial charge is 0.137 e. The zero-order valence-electron chi connectivity index (χ0n) is 13.2. The molecule has 1 aromatic heterocycles. The van der Waals surface area contributed by atoms with Crippen LogP contribution in [0, 0.1) is 5.92 Å². The van der Waals surface area contributed by atoms with Crippen LogP contribution in [0.25, 0.3) is 0 Å². The van der Waals surface area contributed by atoms with Crippen molar-refractivity contribution in [1.82, 2.24) is 14.5 Å². The van der Waals surface area contributed by atoms with Gasteiger partial charge in [0, 0.05) is 36.6 Å². The van der Waals surface area contributed by atoms with Crippen molar-refractivity contribution in [2.75, 3.05) is 13.1 Å². The van der Waals surface area contributed by atoms with Crippen molar-refractivity contribution in [2.24, 2.45) is 13.0 Å². The molecule has 1 aliphatic rings. The van der Waals surface area contributed by atoms with Crippen LogP contribution in [-0.2, 0) is 13.6 Å². The first-order valence-electron chi connectivity index (χ1n) is 7.89. The summed E-state index contributed by atoms with van der Waals surface area (Å²) < 4.78 is 1.88. The number of phenols is 1. The van der Waals surface area contributed by atoms with E-state index in [9.17, 15) is 10.2 Å². The van der Waals surface area contributed by atoms with E-state index in [1.807, 2.05) is 23.9 Å². The standard InChI is InChI=1S/C17H22ClN3O2/c1-20-9-6-19-17(20)16(23)12-4-7-21(8-5-12)11-13-10-14(18)2-3-15(13)22/h2-3,6,9-10,12,16,22-23H,4-5,7-8,11H2,1H3. The topological polar surface area (TPSA) is 61.5 Å². The van der Waals surface area contributed by atoms with Crippen molar-refractivity contribution in [1.29, 1.82) is 0 Å². The number of piperidine rings is 1. The molecule has 0 radical (unpaired) electrons. The van der Waals surface area contributed by atoms with E-state index in [2.05, 4.69) is 9.88 Å². The van der Waals surface area contributed by atoms with E-state index >= 15 is 0 Å². The predicted molar refractivity (Wildman–Crippen MR) is 89.3 cm³/mol. The molecule has 23 heavy (non-hydrogen) atoms. The quantitative estimate of drug-likeness (QED) is 0.902. The Labute approximate surface area is 141 Å². The van der Waals surface area contributed by atoms with Gasteiger partial charge in [-0.2, -0.15) is 0 Å². The number of hydrogen-bond acceptors (Lipinski definition) is 4. The Morgan fingerprint density at radius 3 is 2.74 bits per heavy atom. The number of rotatable bonds is 4. The summed E-state index contributed by atoms with van der Waals surface area (Å²) in [6, 6.07) is 5.14. The minimum atomic E-state index is -0.517. The van der Waals surface area contributed by atoms with Crippen LogP contribution in [0.15, 0.2) is 30.6 Å². The van der Waals surface area contributed by atoms with Crippen LogP contribution in [0.2, 0.25) is 5.02 Å². The molecule has 1 fully saturated rings. The number of aromatic hydroxyl groups is 1. The fourth-order valence-electron chi connectivity index (χ4n) is 3.22. The molecule has 2 heterocycles. The van der Waals surface area contributed by atoms with E-state index in [0.29, 0.717) is 11.6 Å². The highest BCUT2D eigenvalue weighted by molar-refractivity contribution is 6.30. The van der Waals surface area contributed by atoms with E-state index in [4.69, 9.17) is 11.6 Å². The number of halogens is 1. The largest absolute Gasteiger partial charge is 0.508 e. The average molecular weight is 336 g/mol. The zero-order chi connectivity index (χ0) is 16.4. The van der Waals surface area contributed by atoms with Gasteiger partial charge in [-0.1, -0.05) is 11.6 Å². The first-order valence-corrected chi connectivity index (χ1v) is 8.27. The van der Waals surface area contributed by atoms with E-state index < -0.39 is 6.10 Å². The second-order valence-corrected chi connectivity index (χ2v) is 6.66. The highest BCUT2D eigenvalue weighted by Gasteiger charge is 2.28. The average Bonchev–Trinajstić information content (AvgIpc) is 2.97. The van der Waals surface area contributed by atoms with Gasteiger partial charge in [0.05, 0.1) is 0 Å². The molecule has 6 heteroatoms. The number of hydrogen-bond donors (Lipinski definition) is 2. The lowest BCUT2D eigenvalue weighted by atomic mass is 9.90. The summed E-state index contributed by atoms with van der Waals surface area (Å²) in [4.78, 5) is 6.54. The van der Waals surface area contributed by atoms with Gasteiger partial charge in [0.2, 0.25) is 0 Å². The number of benzene rings is 1. The molecule has 1 aromatic carbocycles. The minimum Gasteiger partial charge on any atom is -0.508 e. The minimum absolute atomic E-state index is 0.223. The van der Waals surface area contributed by atoms with Crippen LogP contribution in [0.3, 0.4) is 0 Å². The molecule has 124 valence electrons. The normalized spacial score (nSPS) is 18.2. The number of aliphatic hydroxyl groups excluding tert-OH is 1. The summed E-state index contributed by atoms with van der Waals surface area (Å²) in [5, 5.41) is 21.1. The monoisotopic (exact) mass is 335 g/mol. The molecule has 1 aliphatic heterocycles. The highest BCUT2D eigenvalue weighted by Crippen LogP contribution is 2.31. The lowest BCUT2D eigenvalue weighted by Gasteiger charge is -2.34. The van der Waals surface area contributed by atoms with Crippen LogP contribution in [0.1, 0.15) is 30.3 Å². The molecule has 1 saturated heterocycles. The summed E-state index contributed by atoms with van der Waals surface area (Å²) in [5.74, 6) is 1.24. The van der Waals surface area contributed by atoms with Crippen molar-refractivity contribution in [2.45, 2.75) is 25.5 Å². The second-order valence-electron chi connectivity index (χ2n) is 6.23. The lowest BCUT2D eigenvalue weighted by molar-refractivity contribution is 0.0490. The number of likely N-dealkylation sites (tertiary alicyclic amines) is 1. The highest BCUT2D eigenvalue weighted by atomic mass is 35.5. The third-order valence-electron chi connectivity index (χ3n) is 4.64. The van der Waals surface area contributed by atoms with Gasteiger partial charge in [-0.3, -0.25) is 4.90 Å². The van der Waals surface area contributed by atoms with Crippen LogP contribution >= 0.6 is 11.6 Å². The number of aliphatic hydroxyl groups is 1.